The second kappa shape index (κ2) is 5.06. The van der Waals surface area contributed by atoms with Crippen molar-refractivity contribution in [2.24, 2.45) is 0 Å². The number of alkyl halides is 3. The van der Waals surface area contributed by atoms with Crippen LogP contribution in [-0.4, -0.2) is 25.4 Å². The summed E-state index contributed by atoms with van der Waals surface area (Å²) in [4.78, 5) is 1.60. The minimum Gasteiger partial charge on any atom is -0.406 e. The maximum Gasteiger partial charge on any atom is 0.573 e. The van der Waals surface area contributed by atoms with Gasteiger partial charge in [-0.05, 0) is 31.8 Å². The molecule has 6 heteroatoms. The molecule has 1 atom stereocenters. The van der Waals surface area contributed by atoms with E-state index in [2.05, 4.69) is 4.74 Å². The van der Waals surface area contributed by atoms with Crippen LogP contribution in [0.4, 0.5) is 13.2 Å². The maximum absolute atomic E-state index is 12.0. The summed E-state index contributed by atoms with van der Waals surface area (Å²) in [5.74, 6) is -0.322. The van der Waals surface area contributed by atoms with Crippen LogP contribution in [0.25, 0.3) is 0 Å². The van der Waals surface area contributed by atoms with Crippen LogP contribution in [0.5, 0.6) is 5.75 Å². The van der Waals surface area contributed by atoms with E-state index in [1.54, 1.807) is 25.1 Å². The number of nitriles is 1. The zero-order valence-electron chi connectivity index (χ0n) is 9.32. The van der Waals surface area contributed by atoms with Crippen LogP contribution in [0.15, 0.2) is 24.3 Å². The van der Waals surface area contributed by atoms with Crippen LogP contribution in [0, 0.1) is 11.3 Å². The third kappa shape index (κ3) is 3.96. The van der Waals surface area contributed by atoms with Crippen molar-refractivity contribution in [2.75, 3.05) is 14.1 Å². The van der Waals surface area contributed by atoms with Gasteiger partial charge in [0.15, 0.2) is 0 Å². The minimum absolute atomic E-state index is 0.322. The molecular formula is C11H11F3N2O. The number of hydrogen-bond acceptors (Lipinski definition) is 3. The molecule has 17 heavy (non-hydrogen) atoms. The first-order chi connectivity index (χ1) is 7.83. The topological polar surface area (TPSA) is 36.3 Å². The first-order valence-corrected chi connectivity index (χ1v) is 4.75. The highest BCUT2D eigenvalue weighted by Crippen LogP contribution is 2.26. The smallest absolute Gasteiger partial charge is 0.406 e. The summed E-state index contributed by atoms with van der Waals surface area (Å²) in [6, 6.07) is 6.80. The monoisotopic (exact) mass is 244 g/mol. The summed E-state index contributed by atoms with van der Waals surface area (Å²) >= 11 is 0. The zero-order valence-corrected chi connectivity index (χ0v) is 9.32. The molecule has 0 bridgehead atoms. The SMILES string of the molecule is CN(C)C(C#N)c1cccc(OC(F)(F)F)c1. The van der Waals surface area contributed by atoms with Crippen LogP contribution in [0.3, 0.4) is 0 Å². The molecule has 1 aromatic carbocycles. The zero-order chi connectivity index (χ0) is 13.1. The maximum atomic E-state index is 12.0. The second-order valence-corrected chi connectivity index (χ2v) is 3.62. The molecule has 0 heterocycles. The van der Waals surface area contributed by atoms with Gasteiger partial charge in [-0.3, -0.25) is 4.90 Å². The standard InChI is InChI=1S/C11H11F3N2O/c1-16(2)10(7-15)8-4-3-5-9(6-8)17-11(12,13)14/h3-6,10H,1-2H3. The highest BCUT2D eigenvalue weighted by molar-refractivity contribution is 5.33. The number of hydrogen-bond donors (Lipinski definition) is 0. The normalized spacial score (nSPS) is 13.2. The van der Waals surface area contributed by atoms with Crippen LogP contribution in [0.1, 0.15) is 11.6 Å². The predicted octanol–water partition coefficient (Wildman–Crippen LogP) is 2.71. The molecule has 1 unspecified atom stereocenters. The van der Waals surface area contributed by atoms with Crippen molar-refractivity contribution in [2.45, 2.75) is 12.4 Å². The molecule has 0 N–H and O–H groups in total. The van der Waals surface area contributed by atoms with Gasteiger partial charge in [0.25, 0.3) is 0 Å². The van der Waals surface area contributed by atoms with Crippen molar-refractivity contribution in [3.05, 3.63) is 29.8 Å². The van der Waals surface area contributed by atoms with Crippen molar-refractivity contribution < 1.29 is 17.9 Å². The van der Waals surface area contributed by atoms with Gasteiger partial charge in [-0.25, -0.2) is 0 Å². The summed E-state index contributed by atoms with van der Waals surface area (Å²) in [5, 5.41) is 8.92. The molecule has 0 spiro atoms. The van der Waals surface area contributed by atoms with E-state index in [0.29, 0.717) is 5.56 Å². The number of halogens is 3. The van der Waals surface area contributed by atoms with E-state index in [1.807, 2.05) is 6.07 Å². The molecule has 0 aromatic heterocycles. The van der Waals surface area contributed by atoms with E-state index in [1.165, 1.54) is 18.2 Å². The van der Waals surface area contributed by atoms with Gasteiger partial charge >= 0.3 is 6.36 Å². The Labute approximate surface area is 97.0 Å². The minimum atomic E-state index is -4.72. The average Bonchev–Trinajstić information content (AvgIpc) is 2.15. The quantitative estimate of drug-likeness (QED) is 0.820. The largest absolute Gasteiger partial charge is 0.573 e. The molecule has 0 saturated heterocycles. The van der Waals surface area contributed by atoms with E-state index < -0.39 is 12.4 Å². The lowest BCUT2D eigenvalue weighted by Crippen LogP contribution is -2.19. The van der Waals surface area contributed by atoms with E-state index in [9.17, 15) is 13.2 Å². The Morgan fingerprint density at radius 1 is 1.35 bits per heavy atom. The second-order valence-electron chi connectivity index (χ2n) is 3.62. The van der Waals surface area contributed by atoms with Gasteiger partial charge in [0, 0.05) is 0 Å². The van der Waals surface area contributed by atoms with Crippen LogP contribution < -0.4 is 4.74 Å². The molecule has 3 nitrogen and oxygen atoms in total. The Bertz CT molecular complexity index is 423. The Kier molecular flexibility index (Phi) is 3.97. The molecule has 92 valence electrons. The van der Waals surface area contributed by atoms with E-state index in [4.69, 9.17) is 5.26 Å². The third-order valence-electron chi connectivity index (χ3n) is 2.05. The summed E-state index contributed by atoms with van der Waals surface area (Å²) in [6.07, 6.45) is -4.72. The highest BCUT2D eigenvalue weighted by atomic mass is 19.4. The number of nitrogens with zero attached hydrogens (tertiary/aromatic N) is 2. The molecule has 0 radical (unpaired) electrons. The van der Waals surface area contributed by atoms with Crippen molar-refractivity contribution in [3.8, 4) is 11.8 Å². The van der Waals surface area contributed by atoms with Crippen molar-refractivity contribution in [1.82, 2.24) is 4.90 Å². The summed E-state index contributed by atoms with van der Waals surface area (Å²) in [7, 11) is 3.34. The van der Waals surface area contributed by atoms with Crippen molar-refractivity contribution >= 4 is 0 Å². The molecule has 0 fully saturated rings. The summed E-state index contributed by atoms with van der Waals surface area (Å²) < 4.78 is 39.8. The molecule has 0 aliphatic heterocycles. The van der Waals surface area contributed by atoms with Gasteiger partial charge in [-0.1, -0.05) is 12.1 Å². The lowest BCUT2D eigenvalue weighted by molar-refractivity contribution is -0.274. The van der Waals surface area contributed by atoms with Gasteiger partial charge < -0.3 is 4.74 Å². The fourth-order valence-corrected chi connectivity index (χ4v) is 1.37. The van der Waals surface area contributed by atoms with Crippen LogP contribution in [-0.2, 0) is 0 Å². The number of rotatable bonds is 3. The van der Waals surface area contributed by atoms with Crippen LogP contribution >= 0.6 is 0 Å². The fourth-order valence-electron chi connectivity index (χ4n) is 1.37. The van der Waals surface area contributed by atoms with Crippen LogP contribution in [0.2, 0.25) is 0 Å². The van der Waals surface area contributed by atoms with Gasteiger partial charge in [0.05, 0.1) is 6.07 Å². The average molecular weight is 244 g/mol. The molecule has 1 aromatic rings. The highest BCUT2D eigenvalue weighted by Gasteiger charge is 2.31. The number of benzene rings is 1. The lowest BCUT2D eigenvalue weighted by atomic mass is 10.1. The summed E-state index contributed by atoms with van der Waals surface area (Å²) in [6.45, 7) is 0. The molecule has 0 aliphatic carbocycles. The fraction of sp³-hybridized carbons (Fsp3) is 0.364. The summed E-state index contributed by atoms with van der Waals surface area (Å²) in [5.41, 5.74) is 0.458. The first-order valence-electron chi connectivity index (χ1n) is 4.75. The van der Waals surface area contributed by atoms with Crippen molar-refractivity contribution in [3.63, 3.8) is 0 Å². The number of ether oxygens (including phenoxy) is 1. The Hall–Kier alpha value is -1.74. The molecule has 1 rings (SSSR count). The molecule has 0 aliphatic rings. The Morgan fingerprint density at radius 2 is 2.00 bits per heavy atom. The molecule has 0 amide bonds. The third-order valence-corrected chi connectivity index (χ3v) is 2.05. The van der Waals surface area contributed by atoms with Gasteiger partial charge in [-0.15, -0.1) is 13.2 Å². The van der Waals surface area contributed by atoms with Gasteiger partial charge in [0.1, 0.15) is 11.8 Å². The van der Waals surface area contributed by atoms with E-state index in [-0.39, 0.29) is 5.75 Å². The van der Waals surface area contributed by atoms with Crippen molar-refractivity contribution in [1.29, 1.82) is 5.26 Å². The lowest BCUT2D eigenvalue weighted by Gasteiger charge is -2.18. The molecule has 0 saturated carbocycles. The van der Waals surface area contributed by atoms with E-state index in [0.717, 1.165) is 0 Å². The Balaban J connectivity index is 2.97. The molecular weight excluding hydrogens is 233 g/mol. The van der Waals surface area contributed by atoms with E-state index >= 15 is 0 Å². The van der Waals surface area contributed by atoms with Gasteiger partial charge in [0.2, 0.25) is 0 Å². The Morgan fingerprint density at radius 3 is 2.47 bits per heavy atom. The predicted molar refractivity (Wildman–Crippen MR) is 55.2 cm³/mol. The van der Waals surface area contributed by atoms with Gasteiger partial charge in [-0.2, -0.15) is 5.26 Å². The first kappa shape index (κ1) is 13.3.